The van der Waals surface area contributed by atoms with E-state index >= 15 is 0 Å². The second kappa shape index (κ2) is 9.65. The summed E-state index contributed by atoms with van der Waals surface area (Å²) in [5.41, 5.74) is 0. The molecule has 2 fully saturated rings. The van der Waals surface area contributed by atoms with Crippen molar-refractivity contribution in [2.45, 2.75) is 79.3 Å². The minimum atomic E-state index is -3.06. The molecule has 2 atom stereocenters. The third kappa shape index (κ3) is 6.68. The van der Waals surface area contributed by atoms with Crippen LogP contribution < -0.4 is 0 Å². The van der Waals surface area contributed by atoms with E-state index in [0.717, 1.165) is 24.9 Å². The van der Waals surface area contributed by atoms with Crippen LogP contribution in [0.4, 0.5) is 0 Å². The molecule has 0 bridgehead atoms. The summed E-state index contributed by atoms with van der Waals surface area (Å²) in [6.07, 6.45) is 2.87. The van der Waals surface area contributed by atoms with Gasteiger partial charge in [-0.1, -0.05) is 0 Å². The molecule has 0 spiro atoms. The molecule has 0 aromatic carbocycles. The molecule has 2 aliphatic heterocycles. The molecule has 2 unspecified atom stereocenters. The Labute approximate surface area is 167 Å². The molecular formula is C15H31S7Sb. The molecule has 2 rings (SSSR count). The first-order chi connectivity index (χ1) is 10.7. The molecule has 0 N–H and O–H groups in total. The molecule has 2 heterocycles. The van der Waals surface area contributed by atoms with Gasteiger partial charge in [0.05, 0.1) is 0 Å². The monoisotopic (exact) mass is 556 g/mol. The summed E-state index contributed by atoms with van der Waals surface area (Å²) in [7, 11) is 9.23. The zero-order valence-electron chi connectivity index (χ0n) is 15.0. The summed E-state index contributed by atoms with van der Waals surface area (Å²) in [5, 5.41) is 2.22. The van der Waals surface area contributed by atoms with Crippen LogP contribution in [0.25, 0.3) is 0 Å². The Kier molecular flexibility index (Phi) is 9.46. The van der Waals surface area contributed by atoms with Gasteiger partial charge in [0, 0.05) is 0 Å². The predicted octanol–water partition coefficient (Wildman–Crippen LogP) is 7.69. The third-order valence-electron chi connectivity index (χ3n) is 3.04. The van der Waals surface area contributed by atoms with Crippen molar-refractivity contribution in [3.05, 3.63) is 0 Å². The molecule has 2 aliphatic rings. The first kappa shape index (κ1) is 22.6. The van der Waals surface area contributed by atoms with E-state index in [1.165, 1.54) is 24.3 Å². The van der Waals surface area contributed by atoms with E-state index in [4.69, 9.17) is 0 Å². The second-order valence-corrected chi connectivity index (χ2v) is 68.1. The van der Waals surface area contributed by atoms with Crippen molar-refractivity contribution in [2.75, 3.05) is 11.5 Å². The molecule has 2 saturated heterocycles. The molecule has 0 saturated carbocycles. The molecule has 0 radical (unpaired) electrons. The summed E-state index contributed by atoms with van der Waals surface area (Å²) in [5.74, 6) is 2.77. The van der Waals surface area contributed by atoms with Crippen LogP contribution in [0.15, 0.2) is 0 Å². The molecule has 138 valence electrons. The zero-order valence-corrected chi connectivity index (χ0v) is 23.3. The van der Waals surface area contributed by atoms with Gasteiger partial charge in [-0.3, -0.25) is 0 Å². The summed E-state index contributed by atoms with van der Waals surface area (Å²) < 4.78 is 1.75. The Bertz CT molecular complexity index is 331. The van der Waals surface area contributed by atoms with E-state index in [1.807, 2.05) is 0 Å². The van der Waals surface area contributed by atoms with Crippen LogP contribution in [0, 0.1) is 0 Å². The maximum atomic E-state index is 2.49. The van der Waals surface area contributed by atoms with Crippen molar-refractivity contribution in [1.82, 2.24) is 0 Å². The molecule has 0 aromatic heterocycles. The molecule has 0 aromatic rings. The van der Waals surface area contributed by atoms with Gasteiger partial charge in [-0.2, -0.15) is 0 Å². The van der Waals surface area contributed by atoms with E-state index in [2.05, 4.69) is 109 Å². The molecule has 8 heteroatoms. The van der Waals surface area contributed by atoms with Gasteiger partial charge in [0.25, 0.3) is 0 Å². The van der Waals surface area contributed by atoms with Gasteiger partial charge in [0.15, 0.2) is 0 Å². The minimum absolute atomic E-state index is 0.740. The third-order valence-corrected chi connectivity index (χ3v) is 77.6. The average molecular weight is 558 g/mol. The van der Waals surface area contributed by atoms with Crippen LogP contribution in [0.2, 0.25) is 0 Å². The summed E-state index contributed by atoms with van der Waals surface area (Å²) in [4.78, 5) is 0. The summed E-state index contributed by atoms with van der Waals surface area (Å²) in [6, 6.07) is 0. The normalized spacial score (nSPS) is 26.9. The van der Waals surface area contributed by atoms with Gasteiger partial charge in [-0.25, -0.2) is 0 Å². The van der Waals surface area contributed by atoms with Crippen LogP contribution in [-0.4, -0.2) is 46.8 Å². The van der Waals surface area contributed by atoms with E-state index in [1.54, 1.807) is 0 Å². The van der Waals surface area contributed by atoms with Gasteiger partial charge in [-0.05, 0) is 0 Å². The first-order valence-electron chi connectivity index (χ1n) is 8.42. The Morgan fingerprint density at radius 2 is 1.00 bits per heavy atom. The quantitative estimate of drug-likeness (QED) is 0.249. The second-order valence-electron chi connectivity index (χ2n) is 6.60. The molecule has 23 heavy (non-hydrogen) atoms. The number of thioether (sulfide) groups is 2. The SMILES string of the molecule is CC(C)[S][Sb]([S]C(C)C)([S]C(C)C)([S]C1CCS1)[S]C1CCS1. The Morgan fingerprint density at radius 1 is 0.696 bits per heavy atom. The van der Waals surface area contributed by atoms with Crippen LogP contribution in [-0.2, 0) is 0 Å². The van der Waals surface area contributed by atoms with Crippen molar-refractivity contribution >= 4 is 78.2 Å². The van der Waals surface area contributed by atoms with Crippen molar-refractivity contribution in [1.29, 1.82) is 0 Å². The van der Waals surface area contributed by atoms with E-state index < -0.39 is 10.4 Å². The van der Waals surface area contributed by atoms with Gasteiger partial charge in [0.1, 0.15) is 0 Å². The number of hydrogen-bond acceptors (Lipinski definition) is 7. The first-order valence-corrected chi connectivity index (χ1v) is 30.3. The van der Waals surface area contributed by atoms with E-state index in [0.29, 0.717) is 0 Å². The standard InChI is InChI=1S/2C3H6S2.3C3H8S.Sb/c2*4-3-1-2-5-3;3*1-3(2)4;/h2*3-4H,1-2H2;3*3-4H,1-2H3;/q;;;;;+5/p-5. The van der Waals surface area contributed by atoms with E-state index in [9.17, 15) is 0 Å². The van der Waals surface area contributed by atoms with Crippen molar-refractivity contribution < 1.29 is 0 Å². The van der Waals surface area contributed by atoms with Crippen molar-refractivity contribution in [3.63, 3.8) is 0 Å². The van der Waals surface area contributed by atoms with Gasteiger partial charge in [0.2, 0.25) is 0 Å². The summed E-state index contributed by atoms with van der Waals surface area (Å²) >= 11 is 4.44. The van der Waals surface area contributed by atoms with Crippen LogP contribution >= 0.6 is 67.8 Å². The van der Waals surface area contributed by atoms with Crippen LogP contribution in [0.1, 0.15) is 54.4 Å². The number of rotatable bonds is 10. The zero-order chi connectivity index (χ0) is 17.1. The van der Waals surface area contributed by atoms with Gasteiger partial charge < -0.3 is 0 Å². The topological polar surface area (TPSA) is 0 Å². The van der Waals surface area contributed by atoms with Crippen molar-refractivity contribution in [3.8, 4) is 0 Å². The molecular weight excluding hydrogens is 526 g/mol. The van der Waals surface area contributed by atoms with Gasteiger partial charge in [-0.15, -0.1) is 0 Å². The summed E-state index contributed by atoms with van der Waals surface area (Å²) in [6.45, 7) is 14.6. The fourth-order valence-corrected chi connectivity index (χ4v) is 126. The Hall–Kier alpha value is 3.27. The fraction of sp³-hybridized carbons (Fsp3) is 1.00. The van der Waals surface area contributed by atoms with Crippen LogP contribution in [0.5, 0.6) is 0 Å². The van der Waals surface area contributed by atoms with Crippen LogP contribution in [0.3, 0.4) is 0 Å². The number of hydrogen-bond donors (Lipinski definition) is 0. The molecule has 0 nitrogen and oxygen atoms in total. The molecule has 0 aliphatic carbocycles. The van der Waals surface area contributed by atoms with E-state index in [-0.39, 0.29) is 0 Å². The van der Waals surface area contributed by atoms with Gasteiger partial charge >= 0.3 is 169 Å². The Morgan fingerprint density at radius 3 is 1.17 bits per heavy atom. The Balaban J connectivity index is 2.36. The average Bonchev–Trinajstić information content (AvgIpc) is 2.27. The van der Waals surface area contributed by atoms with Crippen molar-refractivity contribution in [2.24, 2.45) is 0 Å². The molecule has 0 amide bonds. The fourth-order valence-electron chi connectivity index (χ4n) is 2.26. The predicted molar refractivity (Wildman–Crippen MR) is 131 cm³/mol. The maximum absolute atomic E-state index is 3.06.